The average Bonchev–Trinajstić information content (AvgIpc) is 3.35. The second-order valence-corrected chi connectivity index (χ2v) is 20.7. The molecule has 0 aromatic carbocycles. The summed E-state index contributed by atoms with van der Waals surface area (Å²) in [6.45, 7) is 4.85. The molecule has 0 rings (SSSR count). The van der Waals surface area contributed by atoms with Crippen LogP contribution in [0.1, 0.15) is 316 Å². The number of aliphatic hydroxyl groups is 2. The maximum Gasteiger partial charge on any atom is 0.305 e. The van der Waals surface area contributed by atoms with Crippen LogP contribution in [0.2, 0.25) is 0 Å². The van der Waals surface area contributed by atoms with Gasteiger partial charge in [-0.1, -0.05) is 262 Å². The lowest BCUT2D eigenvalue weighted by molar-refractivity contribution is -0.143. The molecule has 0 radical (unpaired) electrons. The number of unbranched alkanes of at least 4 members (excludes halogenated alkanes) is 39. The summed E-state index contributed by atoms with van der Waals surface area (Å²) < 4.78 is 5.48. The van der Waals surface area contributed by atoms with E-state index in [0.717, 1.165) is 51.4 Å². The Morgan fingerprint density at radius 1 is 0.406 bits per heavy atom. The second kappa shape index (κ2) is 58.4. The van der Waals surface area contributed by atoms with Crippen molar-refractivity contribution < 1.29 is 24.5 Å². The molecule has 2 atom stereocenters. The fraction of sp³-hybridized carbons (Fsp3) is 0.841. The number of amides is 1. The molecular weight excluding hydrogens is 851 g/mol. The standard InChI is InChI=1S/C63H117NO5/c1-3-5-7-9-11-13-15-16-30-34-37-41-45-49-53-57-63(68)69-58-54-50-46-42-38-35-32-29-27-25-23-21-19-17-18-20-22-24-26-28-31-33-36-40-44-48-52-56-62(67)64-60(59-65)61(66)55-51-47-43-39-14-12-10-8-6-4-2/h11,13,16-18,30,51,55,60-61,65-66H,3-10,12,14-15,19-29,31-50,52-54,56-59H2,1-2H3,(H,64,67)/b13-11-,18-17-,30-16-,55-51+. The molecule has 0 aromatic rings. The van der Waals surface area contributed by atoms with Gasteiger partial charge < -0.3 is 20.3 Å². The van der Waals surface area contributed by atoms with Gasteiger partial charge in [0.1, 0.15) is 0 Å². The van der Waals surface area contributed by atoms with Crippen LogP contribution in [0.5, 0.6) is 0 Å². The lowest BCUT2D eigenvalue weighted by Gasteiger charge is -2.20. The van der Waals surface area contributed by atoms with Crippen LogP contribution in [0.15, 0.2) is 48.6 Å². The molecule has 6 heteroatoms. The summed E-state index contributed by atoms with van der Waals surface area (Å²) in [5.74, 6) is -0.0708. The molecule has 0 spiro atoms. The quantitative estimate of drug-likeness (QED) is 0.0321. The zero-order valence-corrected chi connectivity index (χ0v) is 46.0. The maximum absolute atomic E-state index is 12.4. The SMILES string of the molecule is CCCCC/C=C\C/C=C\CCCCCCCC(=O)OCCCCCCCCCCCCCC/C=C\CCCCCCCCCCCCCC(=O)NC(CO)C(O)/C=C/CCCCCCCCCC. The van der Waals surface area contributed by atoms with Gasteiger partial charge in [-0.3, -0.25) is 9.59 Å². The van der Waals surface area contributed by atoms with Gasteiger partial charge in [0.05, 0.1) is 25.4 Å². The third-order valence-corrected chi connectivity index (χ3v) is 13.8. The van der Waals surface area contributed by atoms with Crippen LogP contribution in [0, 0.1) is 0 Å². The monoisotopic (exact) mass is 968 g/mol. The highest BCUT2D eigenvalue weighted by molar-refractivity contribution is 5.76. The Bertz CT molecular complexity index is 1160. The van der Waals surface area contributed by atoms with Crippen LogP contribution < -0.4 is 5.32 Å². The van der Waals surface area contributed by atoms with E-state index in [-0.39, 0.29) is 18.5 Å². The molecule has 0 aliphatic carbocycles. The zero-order valence-electron chi connectivity index (χ0n) is 46.0. The summed E-state index contributed by atoms with van der Waals surface area (Å²) in [6, 6.07) is -0.627. The Hall–Kier alpha value is -2.18. The van der Waals surface area contributed by atoms with Crippen molar-refractivity contribution >= 4 is 11.9 Å². The van der Waals surface area contributed by atoms with Gasteiger partial charge in [-0.05, 0) is 89.9 Å². The number of aliphatic hydroxyl groups excluding tert-OH is 2. The molecule has 0 saturated carbocycles. The summed E-state index contributed by atoms with van der Waals surface area (Å²) in [7, 11) is 0. The topological polar surface area (TPSA) is 95.9 Å². The molecule has 0 bridgehead atoms. The molecule has 2 unspecified atom stereocenters. The number of hydrogen-bond acceptors (Lipinski definition) is 5. The van der Waals surface area contributed by atoms with Gasteiger partial charge in [0.25, 0.3) is 0 Å². The molecule has 0 fully saturated rings. The first kappa shape index (κ1) is 66.8. The van der Waals surface area contributed by atoms with Gasteiger partial charge >= 0.3 is 5.97 Å². The number of ether oxygens (including phenoxy) is 1. The van der Waals surface area contributed by atoms with E-state index in [2.05, 4.69) is 55.6 Å². The highest BCUT2D eigenvalue weighted by atomic mass is 16.5. The summed E-state index contributed by atoms with van der Waals surface area (Å²) in [4.78, 5) is 24.4. The van der Waals surface area contributed by atoms with Gasteiger partial charge in [-0.2, -0.15) is 0 Å². The Morgan fingerprint density at radius 3 is 1.14 bits per heavy atom. The Kier molecular flexibility index (Phi) is 56.5. The van der Waals surface area contributed by atoms with Gasteiger partial charge in [0.15, 0.2) is 0 Å². The number of allylic oxidation sites excluding steroid dienone is 7. The number of hydrogen-bond donors (Lipinski definition) is 3. The Morgan fingerprint density at radius 2 is 0.725 bits per heavy atom. The minimum absolute atomic E-state index is 0.000149. The zero-order chi connectivity index (χ0) is 50.0. The van der Waals surface area contributed by atoms with Crippen molar-refractivity contribution in [1.82, 2.24) is 5.32 Å². The average molecular weight is 969 g/mol. The fourth-order valence-electron chi connectivity index (χ4n) is 9.13. The Labute approximate surface area is 429 Å². The third-order valence-electron chi connectivity index (χ3n) is 13.8. The predicted octanol–water partition coefficient (Wildman–Crippen LogP) is 19.0. The number of carbonyl (C=O) groups is 2. The van der Waals surface area contributed by atoms with Crippen LogP contribution in [-0.4, -0.2) is 47.4 Å². The molecule has 404 valence electrons. The van der Waals surface area contributed by atoms with Crippen LogP contribution in [0.3, 0.4) is 0 Å². The van der Waals surface area contributed by atoms with E-state index < -0.39 is 12.1 Å². The van der Waals surface area contributed by atoms with Crippen molar-refractivity contribution in [2.24, 2.45) is 0 Å². The molecular formula is C63H117NO5. The molecule has 0 aliphatic rings. The van der Waals surface area contributed by atoms with E-state index in [1.807, 2.05) is 6.08 Å². The first-order valence-corrected chi connectivity index (χ1v) is 30.4. The summed E-state index contributed by atoms with van der Waals surface area (Å²) in [5, 5.41) is 23.0. The van der Waals surface area contributed by atoms with E-state index in [4.69, 9.17) is 4.74 Å². The van der Waals surface area contributed by atoms with Crippen molar-refractivity contribution in [3.8, 4) is 0 Å². The van der Waals surface area contributed by atoms with E-state index in [1.165, 1.54) is 238 Å². The lowest BCUT2D eigenvalue weighted by atomic mass is 10.0. The molecule has 0 heterocycles. The molecule has 6 nitrogen and oxygen atoms in total. The van der Waals surface area contributed by atoms with Gasteiger partial charge in [-0.15, -0.1) is 0 Å². The summed E-state index contributed by atoms with van der Waals surface area (Å²) in [6.07, 6.45) is 74.4. The van der Waals surface area contributed by atoms with Gasteiger partial charge in [0, 0.05) is 12.8 Å². The molecule has 0 saturated heterocycles. The van der Waals surface area contributed by atoms with Crippen molar-refractivity contribution in [2.75, 3.05) is 13.2 Å². The second-order valence-electron chi connectivity index (χ2n) is 20.7. The molecule has 1 amide bonds. The first-order chi connectivity index (χ1) is 34.0. The van der Waals surface area contributed by atoms with Crippen LogP contribution in [-0.2, 0) is 14.3 Å². The molecule has 3 N–H and O–H groups in total. The highest BCUT2D eigenvalue weighted by Crippen LogP contribution is 2.16. The van der Waals surface area contributed by atoms with Gasteiger partial charge in [-0.25, -0.2) is 0 Å². The smallest absolute Gasteiger partial charge is 0.305 e. The van der Waals surface area contributed by atoms with Crippen molar-refractivity contribution in [2.45, 2.75) is 328 Å². The number of esters is 1. The Balaban J connectivity index is 3.38. The molecule has 0 aromatic heterocycles. The predicted molar refractivity (Wildman–Crippen MR) is 301 cm³/mol. The molecule has 69 heavy (non-hydrogen) atoms. The van der Waals surface area contributed by atoms with Crippen molar-refractivity contribution in [1.29, 1.82) is 0 Å². The van der Waals surface area contributed by atoms with E-state index in [0.29, 0.717) is 19.4 Å². The van der Waals surface area contributed by atoms with E-state index >= 15 is 0 Å². The van der Waals surface area contributed by atoms with Crippen LogP contribution in [0.4, 0.5) is 0 Å². The summed E-state index contributed by atoms with van der Waals surface area (Å²) >= 11 is 0. The maximum atomic E-state index is 12.4. The number of rotatable bonds is 56. The van der Waals surface area contributed by atoms with E-state index in [9.17, 15) is 19.8 Å². The van der Waals surface area contributed by atoms with Crippen LogP contribution >= 0.6 is 0 Å². The van der Waals surface area contributed by atoms with E-state index in [1.54, 1.807) is 6.08 Å². The lowest BCUT2D eigenvalue weighted by Crippen LogP contribution is -2.45. The summed E-state index contributed by atoms with van der Waals surface area (Å²) in [5.41, 5.74) is 0. The fourth-order valence-corrected chi connectivity index (χ4v) is 9.13. The minimum Gasteiger partial charge on any atom is -0.466 e. The minimum atomic E-state index is -0.843. The van der Waals surface area contributed by atoms with Crippen molar-refractivity contribution in [3.63, 3.8) is 0 Å². The third kappa shape index (κ3) is 55.0. The number of carbonyl (C=O) groups excluding carboxylic acids is 2. The highest BCUT2D eigenvalue weighted by Gasteiger charge is 2.18. The van der Waals surface area contributed by atoms with Gasteiger partial charge in [0.2, 0.25) is 5.91 Å². The normalized spacial score (nSPS) is 12.9. The van der Waals surface area contributed by atoms with Crippen molar-refractivity contribution in [3.05, 3.63) is 48.6 Å². The molecule has 0 aliphatic heterocycles. The number of nitrogens with one attached hydrogen (secondary N) is 1. The van der Waals surface area contributed by atoms with Crippen LogP contribution in [0.25, 0.3) is 0 Å². The first-order valence-electron chi connectivity index (χ1n) is 30.4. The largest absolute Gasteiger partial charge is 0.466 e.